The van der Waals surface area contributed by atoms with Crippen LogP contribution in [0.15, 0.2) is 12.3 Å². The Labute approximate surface area is 54.3 Å². The van der Waals surface area contributed by atoms with E-state index in [1.807, 2.05) is 6.92 Å². The molecule has 1 aliphatic heterocycles. The van der Waals surface area contributed by atoms with E-state index in [4.69, 9.17) is 0 Å². The lowest BCUT2D eigenvalue weighted by Crippen LogP contribution is -2.44. The monoisotopic (exact) mass is 126 g/mol. The van der Waals surface area contributed by atoms with Crippen LogP contribution in [0.4, 0.5) is 0 Å². The van der Waals surface area contributed by atoms with Gasteiger partial charge in [-0.05, 0) is 6.92 Å². The predicted octanol–water partition coefficient (Wildman–Crippen LogP) is -0.0923. The summed E-state index contributed by atoms with van der Waals surface area (Å²) < 4.78 is 0. The molecular formula is C6H10N2O. The molecule has 0 radical (unpaired) electrons. The van der Waals surface area contributed by atoms with Crippen LogP contribution in [0.2, 0.25) is 0 Å². The second kappa shape index (κ2) is 2.09. The fraction of sp³-hybridized carbons (Fsp3) is 0.500. The van der Waals surface area contributed by atoms with Gasteiger partial charge in [-0.3, -0.25) is 4.79 Å². The van der Waals surface area contributed by atoms with Crippen molar-refractivity contribution in [3.05, 3.63) is 12.3 Å². The lowest BCUT2D eigenvalue weighted by atomic mass is 10.3. The first-order chi connectivity index (χ1) is 4.22. The molecule has 0 fully saturated rings. The molecule has 1 amide bonds. The van der Waals surface area contributed by atoms with Crippen molar-refractivity contribution in [1.82, 2.24) is 10.2 Å². The van der Waals surface area contributed by atoms with E-state index in [0.29, 0.717) is 0 Å². The summed E-state index contributed by atoms with van der Waals surface area (Å²) in [4.78, 5) is 12.4. The second-order valence-electron chi connectivity index (χ2n) is 2.13. The maximum Gasteiger partial charge on any atom is 0.249 e. The van der Waals surface area contributed by atoms with E-state index in [0.717, 1.165) is 0 Å². The number of likely N-dealkylation sites (N-methyl/N-ethyl adjacent to an activating group) is 1. The molecule has 0 saturated carbocycles. The molecule has 0 aromatic rings. The Morgan fingerprint density at radius 2 is 2.44 bits per heavy atom. The van der Waals surface area contributed by atoms with Crippen LogP contribution in [0.25, 0.3) is 0 Å². The summed E-state index contributed by atoms with van der Waals surface area (Å²) in [5.74, 6) is 0.0567. The first kappa shape index (κ1) is 6.13. The summed E-state index contributed by atoms with van der Waals surface area (Å²) in [6.07, 6.45) is 3.31. The molecule has 0 bridgehead atoms. The van der Waals surface area contributed by atoms with E-state index >= 15 is 0 Å². The molecule has 0 saturated heterocycles. The van der Waals surface area contributed by atoms with E-state index < -0.39 is 0 Å². The van der Waals surface area contributed by atoms with Gasteiger partial charge in [-0.2, -0.15) is 0 Å². The Bertz CT molecular complexity index is 153. The highest BCUT2D eigenvalue weighted by atomic mass is 16.2. The zero-order valence-electron chi connectivity index (χ0n) is 5.59. The number of carbonyl (C=O) groups excluding carboxylic acids is 1. The minimum Gasteiger partial charge on any atom is -0.371 e. The van der Waals surface area contributed by atoms with E-state index in [1.54, 1.807) is 18.1 Å². The number of nitrogens with zero attached hydrogens (tertiary/aromatic N) is 1. The molecule has 1 N–H and O–H groups in total. The molecule has 3 heteroatoms. The molecule has 0 spiro atoms. The third-order valence-corrected chi connectivity index (χ3v) is 1.49. The van der Waals surface area contributed by atoms with Crippen molar-refractivity contribution in [2.45, 2.75) is 13.1 Å². The Kier molecular flexibility index (Phi) is 1.42. The van der Waals surface area contributed by atoms with Gasteiger partial charge in [0, 0.05) is 19.3 Å². The van der Waals surface area contributed by atoms with Crippen molar-refractivity contribution in [2.75, 3.05) is 7.05 Å². The summed E-state index contributed by atoms with van der Waals surface area (Å²) >= 11 is 0. The van der Waals surface area contributed by atoms with Crippen molar-refractivity contribution < 1.29 is 4.79 Å². The van der Waals surface area contributed by atoms with Crippen LogP contribution in [0, 0.1) is 0 Å². The molecule has 1 heterocycles. The van der Waals surface area contributed by atoms with Crippen LogP contribution in [0.3, 0.4) is 0 Å². The Balaban J connectivity index is 2.69. The van der Waals surface area contributed by atoms with Gasteiger partial charge >= 0.3 is 0 Å². The minimum atomic E-state index is 0.0567. The van der Waals surface area contributed by atoms with Crippen molar-refractivity contribution >= 4 is 5.91 Å². The number of hydrogen-bond donors (Lipinski definition) is 1. The molecule has 0 aromatic heterocycles. The summed E-state index contributed by atoms with van der Waals surface area (Å²) in [6, 6.07) is 0. The number of nitrogens with one attached hydrogen (secondary N) is 1. The van der Waals surface area contributed by atoms with Crippen molar-refractivity contribution in [3.8, 4) is 0 Å². The van der Waals surface area contributed by atoms with E-state index in [1.165, 1.54) is 6.08 Å². The van der Waals surface area contributed by atoms with Crippen LogP contribution >= 0.6 is 0 Å². The highest BCUT2D eigenvalue weighted by molar-refractivity contribution is 5.88. The van der Waals surface area contributed by atoms with Gasteiger partial charge < -0.3 is 10.2 Å². The summed E-state index contributed by atoms with van der Waals surface area (Å²) in [7, 11) is 1.77. The predicted molar refractivity (Wildman–Crippen MR) is 34.5 cm³/mol. The van der Waals surface area contributed by atoms with Crippen LogP contribution in [-0.2, 0) is 4.79 Å². The van der Waals surface area contributed by atoms with Gasteiger partial charge in [-0.15, -0.1) is 0 Å². The zero-order chi connectivity index (χ0) is 6.85. The number of amides is 1. The zero-order valence-corrected chi connectivity index (χ0v) is 5.59. The van der Waals surface area contributed by atoms with E-state index in [9.17, 15) is 4.79 Å². The fourth-order valence-corrected chi connectivity index (χ4v) is 0.679. The lowest BCUT2D eigenvalue weighted by molar-refractivity contribution is -0.127. The lowest BCUT2D eigenvalue weighted by Gasteiger charge is -2.26. The average Bonchev–Trinajstić information content (AvgIpc) is 1.83. The smallest absolute Gasteiger partial charge is 0.249 e. The van der Waals surface area contributed by atoms with Gasteiger partial charge in [-0.25, -0.2) is 0 Å². The van der Waals surface area contributed by atoms with Gasteiger partial charge in [0.1, 0.15) is 0 Å². The summed E-state index contributed by atoms with van der Waals surface area (Å²) in [5, 5.41) is 2.99. The summed E-state index contributed by atoms with van der Waals surface area (Å²) in [6.45, 7) is 1.93. The largest absolute Gasteiger partial charge is 0.371 e. The molecule has 3 nitrogen and oxygen atoms in total. The SMILES string of the molecule is CC1NC=CC(=O)N1C. The number of rotatable bonds is 0. The molecule has 1 aliphatic rings. The third kappa shape index (κ3) is 1.04. The van der Waals surface area contributed by atoms with Crippen molar-refractivity contribution in [1.29, 1.82) is 0 Å². The van der Waals surface area contributed by atoms with E-state index in [-0.39, 0.29) is 12.1 Å². The molecule has 1 atom stereocenters. The Morgan fingerprint density at radius 1 is 1.78 bits per heavy atom. The molecule has 0 aliphatic carbocycles. The van der Waals surface area contributed by atoms with Crippen LogP contribution < -0.4 is 5.32 Å². The van der Waals surface area contributed by atoms with Crippen molar-refractivity contribution in [2.24, 2.45) is 0 Å². The Hall–Kier alpha value is -0.990. The summed E-state index contributed by atoms with van der Waals surface area (Å²) in [5.41, 5.74) is 0. The van der Waals surface area contributed by atoms with Crippen LogP contribution in [-0.4, -0.2) is 24.0 Å². The standard InChI is InChI=1S/C6H10N2O/c1-5-7-4-3-6(9)8(5)2/h3-5,7H,1-2H3. The van der Waals surface area contributed by atoms with Crippen LogP contribution in [0.5, 0.6) is 0 Å². The normalized spacial score (nSPS) is 26.2. The fourth-order valence-electron chi connectivity index (χ4n) is 0.679. The maximum atomic E-state index is 10.8. The van der Waals surface area contributed by atoms with E-state index in [2.05, 4.69) is 5.32 Å². The number of hydrogen-bond acceptors (Lipinski definition) is 2. The first-order valence-electron chi connectivity index (χ1n) is 2.91. The Morgan fingerprint density at radius 3 is 2.89 bits per heavy atom. The minimum absolute atomic E-state index is 0.0567. The highest BCUT2D eigenvalue weighted by Crippen LogP contribution is 1.97. The molecule has 9 heavy (non-hydrogen) atoms. The first-order valence-corrected chi connectivity index (χ1v) is 2.91. The molecule has 0 aromatic carbocycles. The van der Waals surface area contributed by atoms with Crippen molar-refractivity contribution in [3.63, 3.8) is 0 Å². The molecule has 50 valence electrons. The van der Waals surface area contributed by atoms with Crippen LogP contribution in [0.1, 0.15) is 6.92 Å². The maximum absolute atomic E-state index is 10.8. The van der Waals surface area contributed by atoms with Gasteiger partial charge in [0.15, 0.2) is 0 Å². The van der Waals surface area contributed by atoms with Gasteiger partial charge in [0.25, 0.3) is 0 Å². The quantitative estimate of drug-likeness (QED) is 0.492. The molecule has 1 unspecified atom stereocenters. The number of carbonyl (C=O) groups is 1. The molecular weight excluding hydrogens is 116 g/mol. The van der Waals surface area contributed by atoms with Gasteiger partial charge in [0.05, 0.1) is 6.17 Å². The van der Waals surface area contributed by atoms with Gasteiger partial charge in [0.2, 0.25) is 5.91 Å². The third-order valence-electron chi connectivity index (χ3n) is 1.49. The topological polar surface area (TPSA) is 32.3 Å². The highest BCUT2D eigenvalue weighted by Gasteiger charge is 2.14. The second-order valence-corrected chi connectivity index (χ2v) is 2.13. The average molecular weight is 126 g/mol. The van der Waals surface area contributed by atoms with Gasteiger partial charge in [-0.1, -0.05) is 0 Å². The molecule has 1 rings (SSSR count).